The minimum Gasteiger partial charge on any atom is -0.333 e. The molecule has 3 rings (SSSR count). The molecule has 6 heteroatoms. The molecule has 22 heavy (non-hydrogen) atoms. The number of nitriles is 1. The van der Waals surface area contributed by atoms with E-state index in [1.54, 1.807) is 36.8 Å². The third-order valence-corrected chi connectivity index (χ3v) is 3.95. The smallest absolute Gasteiger partial charge is 0.319 e. The number of hydrogen-bond acceptors (Lipinski definition) is 3. The second kappa shape index (κ2) is 6.31. The molecule has 0 radical (unpaired) electrons. The maximum atomic E-state index is 12.2. The first-order chi connectivity index (χ1) is 10.8. The fraction of sp³-hybridized carbons (Fsp3) is 0.312. The Labute approximate surface area is 128 Å². The summed E-state index contributed by atoms with van der Waals surface area (Å²) in [5.74, 6) is 0. The third kappa shape index (κ3) is 3.09. The van der Waals surface area contributed by atoms with Crippen LogP contribution in [0.25, 0.3) is 0 Å². The molecule has 0 saturated heterocycles. The number of nitrogens with one attached hydrogen (secondary N) is 2. The van der Waals surface area contributed by atoms with Crippen molar-refractivity contribution in [3.05, 3.63) is 48.5 Å². The van der Waals surface area contributed by atoms with Gasteiger partial charge in [0.05, 0.1) is 30.0 Å². The van der Waals surface area contributed by atoms with Crippen molar-refractivity contribution in [2.45, 2.75) is 31.3 Å². The van der Waals surface area contributed by atoms with Crippen LogP contribution in [0.3, 0.4) is 0 Å². The summed E-state index contributed by atoms with van der Waals surface area (Å²) in [6.45, 7) is 0. The van der Waals surface area contributed by atoms with Crippen LogP contribution in [0.5, 0.6) is 0 Å². The monoisotopic (exact) mass is 295 g/mol. The molecule has 2 amide bonds. The van der Waals surface area contributed by atoms with Crippen molar-refractivity contribution in [3.63, 3.8) is 0 Å². The number of carbonyl (C=O) groups excluding carboxylic acids is 1. The number of imidazole rings is 1. The van der Waals surface area contributed by atoms with E-state index < -0.39 is 0 Å². The average Bonchev–Trinajstić information content (AvgIpc) is 3.18. The Morgan fingerprint density at radius 3 is 3.09 bits per heavy atom. The molecule has 2 atom stereocenters. The Morgan fingerprint density at radius 1 is 1.41 bits per heavy atom. The number of anilines is 1. The molecule has 2 aromatic rings. The van der Waals surface area contributed by atoms with Crippen LogP contribution < -0.4 is 10.6 Å². The Kier molecular flexibility index (Phi) is 4.05. The van der Waals surface area contributed by atoms with Crippen molar-refractivity contribution >= 4 is 11.7 Å². The molecule has 1 saturated carbocycles. The first-order valence-corrected chi connectivity index (χ1v) is 7.31. The minimum atomic E-state index is -0.243. The Morgan fingerprint density at radius 2 is 2.32 bits per heavy atom. The van der Waals surface area contributed by atoms with Crippen LogP contribution in [0.15, 0.2) is 43.0 Å². The van der Waals surface area contributed by atoms with E-state index in [2.05, 4.69) is 21.7 Å². The van der Waals surface area contributed by atoms with Crippen LogP contribution in [-0.2, 0) is 0 Å². The number of urea groups is 1. The van der Waals surface area contributed by atoms with E-state index in [1.165, 1.54) is 0 Å². The summed E-state index contributed by atoms with van der Waals surface area (Å²) >= 11 is 0. The number of carbonyl (C=O) groups is 1. The maximum absolute atomic E-state index is 12.2. The van der Waals surface area contributed by atoms with Crippen molar-refractivity contribution in [1.82, 2.24) is 14.9 Å². The highest BCUT2D eigenvalue weighted by Gasteiger charge is 2.29. The fourth-order valence-corrected chi connectivity index (χ4v) is 2.93. The fourth-order valence-electron chi connectivity index (χ4n) is 2.93. The van der Waals surface area contributed by atoms with Crippen LogP contribution in [0, 0.1) is 11.3 Å². The number of benzene rings is 1. The SMILES string of the molecule is N#Cc1cccc(NC(=O)N[C@H]2CCC[C@@H]2n2ccnc2)c1. The van der Waals surface area contributed by atoms with Crippen LogP contribution in [0.1, 0.15) is 30.9 Å². The van der Waals surface area contributed by atoms with Crippen LogP contribution in [0.2, 0.25) is 0 Å². The van der Waals surface area contributed by atoms with Gasteiger partial charge in [-0.25, -0.2) is 9.78 Å². The maximum Gasteiger partial charge on any atom is 0.319 e. The normalized spacial score (nSPS) is 20.3. The summed E-state index contributed by atoms with van der Waals surface area (Å²) in [5.41, 5.74) is 1.14. The number of amides is 2. The molecule has 1 aliphatic rings. The zero-order chi connectivity index (χ0) is 15.4. The van der Waals surface area contributed by atoms with Crippen molar-refractivity contribution in [1.29, 1.82) is 5.26 Å². The molecule has 0 aliphatic heterocycles. The highest BCUT2D eigenvalue weighted by atomic mass is 16.2. The highest BCUT2D eigenvalue weighted by molar-refractivity contribution is 5.89. The van der Waals surface area contributed by atoms with Gasteiger partial charge in [0.15, 0.2) is 0 Å². The molecular formula is C16H17N5O. The topological polar surface area (TPSA) is 82.7 Å². The summed E-state index contributed by atoms with van der Waals surface area (Å²) < 4.78 is 2.05. The highest BCUT2D eigenvalue weighted by Crippen LogP contribution is 2.29. The Balaban J connectivity index is 1.62. The summed E-state index contributed by atoms with van der Waals surface area (Å²) in [5, 5.41) is 14.7. The van der Waals surface area contributed by atoms with E-state index >= 15 is 0 Å². The number of hydrogen-bond donors (Lipinski definition) is 2. The first-order valence-electron chi connectivity index (χ1n) is 7.31. The van der Waals surface area contributed by atoms with Crippen molar-refractivity contribution in [3.8, 4) is 6.07 Å². The van der Waals surface area contributed by atoms with Crippen LogP contribution >= 0.6 is 0 Å². The van der Waals surface area contributed by atoms with Gasteiger partial charge in [0.2, 0.25) is 0 Å². The van der Waals surface area contributed by atoms with Gasteiger partial charge in [-0.1, -0.05) is 6.07 Å². The number of nitrogens with zero attached hydrogens (tertiary/aromatic N) is 3. The van der Waals surface area contributed by atoms with Gasteiger partial charge >= 0.3 is 6.03 Å². The molecule has 0 unspecified atom stereocenters. The average molecular weight is 295 g/mol. The molecule has 0 bridgehead atoms. The molecule has 1 fully saturated rings. The first kappa shape index (κ1) is 14.1. The molecule has 1 aromatic carbocycles. The van der Waals surface area contributed by atoms with Gasteiger partial charge in [-0.05, 0) is 37.5 Å². The molecule has 1 aromatic heterocycles. The van der Waals surface area contributed by atoms with Gasteiger partial charge < -0.3 is 15.2 Å². The standard InChI is InChI=1S/C16H17N5O/c17-10-12-3-1-4-13(9-12)19-16(22)20-14-5-2-6-15(14)21-8-7-18-11-21/h1,3-4,7-9,11,14-15H,2,5-6H2,(H2,19,20,22)/t14-,15-/m0/s1. The molecule has 1 aliphatic carbocycles. The molecule has 0 spiro atoms. The molecule has 2 N–H and O–H groups in total. The lowest BCUT2D eigenvalue weighted by molar-refractivity contribution is 0.245. The van der Waals surface area contributed by atoms with E-state index in [-0.39, 0.29) is 18.1 Å². The Hall–Kier alpha value is -2.81. The van der Waals surface area contributed by atoms with Crippen molar-refractivity contribution in [2.24, 2.45) is 0 Å². The van der Waals surface area contributed by atoms with Crippen molar-refractivity contribution < 1.29 is 4.79 Å². The quantitative estimate of drug-likeness (QED) is 0.913. The zero-order valence-electron chi connectivity index (χ0n) is 12.1. The van der Waals surface area contributed by atoms with E-state index in [1.807, 2.05) is 10.8 Å². The summed E-state index contributed by atoms with van der Waals surface area (Å²) in [7, 11) is 0. The van der Waals surface area contributed by atoms with E-state index in [0.717, 1.165) is 19.3 Å². The number of rotatable bonds is 3. The second-order valence-electron chi connectivity index (χ2n) is 5.41. The van der Waals surface area contributed by atoms with Gasteiger partial charge in [-0.3, -0.25) is 0 Å². The molecule has 1 heterocycles. The largest absolute Gasteiger partial charge is 0.333 e. The lowest BCUT2D eigenvalue weighted by atomic mass is 10.1. The predicted octanol–water partition coefficient (Wildman–Crippen LogP) is 2.67. The summed E-state index contributed by atoms with van der Waals surface area (Å²) in [6.07, 6.45) is 8.54. The molecular weight excluding hydrogens is 278 g/mol. The van der Waals surface area contributed by atoms with Crippen LogP contribution in [0.4, 0.5) is 10.5 Å². The van der Waals surface area contributed by atoms with Crippen molar-refractivity contribution in [2.75, 3.05) is 5.32 Å². The van der Waals surface area contributed by atoms with Gasteiger partial charge in [-0.2, -0.15) is 5.26 Å². The van der Waals surface area contributed by atoms with E-state index in [4.69, 9.17) is 5.26 Å². The number of aromatic nitrogens is 2. The van der Waals surface area contributed by atoms with Gasteiger partial charge in [-0.15, -0.1) is 0 Å². The predicted molar refractivity (Wildman–Crippen MR) is 82.2 cm³/mol. The zero-order valence-corrected chi connectivity index (χ0v) is 12.1. The lowest BCUT2D eigenvalue weighted by Crippen LogP contribution is -2.40. The summed E-state index contributed by atoms with van der Waals surface area (Å²) in [6, 6.07) is 9.03. The van der Waals surface area contributed by atoms with E-state index in [9.17, 15) is 4.79 Å². The Bertz CT molecular complexity index is 689. The third-order valence-electron chi connectivity index (χ3n) is 3.95. The van der Waals surface area contributed by atoms with Gasteiger partial charge in [0, 0.05) is 18.1 Å². The molecule has 112 valence electrons. The van der Waals surface area contributed by atoms with Crippen LogP contribution in [-0.4, -0.2) is 21.6 Å². The van der Waals surface area contributed by atoms with Gasteiger partial charge in [0.1, 0.15) is 0 Å². The lowest BCUT2D eigenvalue weighted by Gasteiger charge is -2.22. The second-order valence-corrected chi connectivity index (χ2v) is 5.41. The van der Waals surface area contributed by atoms with Gasteiger partial charge in [0.25, 0.3) is 0 Å². The molecule has 6 nitrogen and oxygen atoms in total. The summed E-state index contributed by atoms with van der Waals surface area (Å²) in [4.78, 5) is 16.2. The minimum absolute atomic E-state index is 0.0911. The van der Waals surface area contributed by atoms with E-state index in [0.29, 0.717) is 11.3 Å².